The highest BCUT2D eigenvalue weighted by Gasteiger charge is 2.51. The Labute approximate surface area is 161 Å². The second kappa shape index (κ2) is 7.13. The predicted molar refractivity (Wildman–Crippen MR) is 100 cm³/mol. The van der Waals surface area contributed by atoms with E-state index in [1.807, 2.05) is 35.2 Å². The van der Waals surface area contributed by atoms with E-state index in [1.165, 1.54) is 6.07 Å². The number of nitrogens with zero attached hydrogens (tertiary/aromatic N) is 1. The van der Waals surface area contributed by atoms with Crippen molar-refractivity contribution in [2.75, 3.05) is 36.5 Å². The number of halogens is 3. The zero-order chi connectivity index (χ0) is 19.8. The fourth-order valence-corrected chi connectivity index (χ4v) is 3.66. The molecule has 4 nitrogen and oxygen atoms in total. The third kappa shape index (κ3) is 3.58. The van der Waals surface area contributed by atoms with Crippen molar-refractivity contribution in [3.8, 4) is 0 Å². The molecule has 0 unspecified atom stereocenters. The summed E-state index contributed by atoms with van der Waals surface area (Å²) in [6.45, 7) is 2.14. The van der Waals surface area contributed by atoms with E-state index in [9.17, 15) is 18.0 Å². The van der Waals surface area contributed by atoms with Gasteiger partial charge in [0.05, 0.1) is 35.6 Å². The van der Waals surface area contributed by atoms with Crippen LogP contribution in [0.4, 0.5) is 24.5 Å². The van der Waals surface area contributed by atoms with Gasteiger partial charge < -0.3 is 15.0 Å². The fourth-order valence-electron chi connectivity index (χ4n) is 3.66. The van der Waals surface area contributed by atoms with Crippen LogP contribution in [0.3, 0.4) is 0 Å². The number of hydrogen-bond donors (Lipinski definition) is 1. The smallest absolute Gasteiger partial charge is 0.378 e. The lowest BCUT2D eigenvalue weighted by Crippen LogP contribution is -2.37. The molecule has 148 valence electrons. The molecule has 0 atom stereocenters. The average molecular weight is 390 g/mol. The van der Waals surface area contributed by atoms with E-state index in [1.54, 1.807) is 0 Å². The molecule has 2 aromatic rings. The van der Waals surface area contributed by atoms with Gasteiger partial charge in [0.2, 0.25) is 5.91 Å². The standard InChI is InChI=1S/C21H21F3N2O2/c22-21(23,24)16-6-7-18(26-10-12-28-13-11-26)17(14-16)25-19(27)20(8-9-20)15-4-2-1-3-5-15/h1-7,14H,8-13H2,(H,25,27). The van der Waals surface area contributed by atoms with E-state index in [0.717, 1.165) is 17.7 Å². The Morgan fingerprint density at radius 2 is 1.71 bits per heavy atom. The minimum Gasteiger partial charge on any atom is -0.378 e. The first kappa shape index (κ1) is 18.8. The molecule has 1 heterocycles. The minimum absolute atomic E-state index is 0.198. The molecular weight excluding hydrogens is 369 g/mol. The maximum atomic E-state index is 13.2. The molecule has 1 aliphatic heterocycles. The Kier molecular flexibility index (Phi) is 4.79. The molecule has 0 spiro atoms. The number of morpholine rings is 1. The number of benzene rings is 2. The Bertz CT molecular complexity index is 858. The average Bonchev–Trinajstić information content (AvgIpc) is 3.51. The summed E-state index contributed by atoms with van der Waals surface area (Å²) in [6.07, 6.45) is -3.09. The van der Waals surface area contributed by atoms with E-state index in [4.69, 9.17) is 4.74 Å². The second-order valence-electron chi connectivity index (χ2n) is 7.23. The van der Waals surface area contributed by atoms with Crippen molar-refractivity contribution in [1.29, 1.82) is 0 Å². The third-order valence-corrected chi connectivity index (χ3v) is 5.43. The monoisotopic (exact) mass is 390 g/mol. The summed E-state index contributed by atoms with van der Waals surface area (Å²) in [6, 6.07) is 12.9. The van der Waals surface area contributed by atoms with E-state index in [-0.39, 0.29) is 11.6 Å². The quantitative estimate of drug-likeness (QED) is 0.850. The van der Waals surface area contributed by atoms with E-state index in [0.29, 0.717) is 44.8 Å². The minimum atomic E-state index is -4.47. The number of rotatable bonds is 4. The Hall–Kier alpha value is -2.54. The fraction of sp³-hybridized carbons (Fsp3) is 0.381. The van der Waals surface area contributed by atoms with Crippen LogP contribution < -0.4 is 10.2 Å². The summed E-state index contributed by atoms with van der Waals surface area (Å²) < 4.78 is 45.1. The first-order valence-corrected chi connectivity index (χ1v) is 9.31. The predicted octanol–water partition coefficient (Wildman–Crippen LogP) is 4.21. The third-order valence-electron chi connectivity index (χ3n) is 5.43. The molecule has 2 fully saturated rings. The molecule has 28 heavy (non-hydrogen) atoms. The van der Waals surface area contributed by atoms with Crippen LogP contribution in [-0.2, 0) is 21.1 Å². The second-order valence-corrected chi connectivity index (χ2v) is 7.23. The van der Waals surface area contributed by atoms with Gasteiger partial charge in [-0.15, -0.1) is 0 Å². The van der Waals surface area contributed by atoms with Crippen LogP contribution in [0.2, 0.25) is 0 Å². The molecular formula is C21H21F3N2O2. The van der Waals surface area contributed by atoms with Crippen LogP contribution in [0.1, 0.15) is 24.0 Å². The van der Waals surface area contributed by atoms with Crippen LogP contribution in [0.5, 0.6) is 0 Å². The maximum Gasteiger partial charge on any atom is 0.416 e. The number of hydrogen-bond acceptors (Lipinski definition) is 3. The van der Waals surface area contributed by atoms with Gasteiger partial charge in [-0.1, -0.05) is 30.3 Å². The summed E-state index contributed by atoms with van der Waals surface area (Å²) >= 11 is 0. The van der Waals surface area contributed by atoms with Crippen molar-refractivity contribution >= 4 is 17.3 Å². The van der Waals surface area contributed by atoms with Crippen molar-refractivity contribution in [3.63, 3.8) is 0 Å². The van der Waals surface area contributed by atoms with Gasteiger partial charge in [-0.3, -0.25) is 4.79 Å². The van der Waals surface area contributed by atoms with E-state index >= 15 is 0 Å². The highest BCUT2D eigenvalue weighted by molar-refractivity contribution is 6.03. The lowest BCUT2D eigenvalue weighted by Gasteiger charge is -2.31. The van der Waals surface area contributed by atoms with Gasteiger partial charge in [0.25, 0.3) is 0 Å². The number of ether oxygens (including phenoxy) is 1. The summed E-state index contributed by atoms with van der Waals surface area (Å²) in [7, 11) is 0. The lowest BCUT2D eigenvalue weighted by atomic mass is 9.95. The summed E-state index contributed by atoms with van der Waals surface area (Å²) in [4.78, 5) is 15.0. The molecule has 0 bridgehead atoms. The van der Waals surface area contributed by atoms with Crippen molar-refractivity contribution in [2.45, 2.75) is 24.4 Å². The molecule has 2 aliphatic rings. The summed E-state index contributed by atoms with van der Waals surface area (Å²) in [5.41, 5.74) is 0.256. The largest absolute Gasteiger partial charge is 0.416 e. The van der Waals surface area contributed by atoms with Crippen LogP contribution in [0.25, 0.3) is 0 Å². The molecule has 7 heteroatoms. The molecule has 1 N–H and O–H groups in total. The van der Waals surface area contributed by atoms with E-state index in [2.05, 4.69) is 5.32 Å². The van der Waals surface area contributed by atoms with Crippen LogP contribution in [0.15, 0.2) is 48.5 Å². The van der Waals surface area contributed by atoms with Gasteiger partial charge in [0.15, 0.2) is 0 Å². The van der Waals surface area contributed by atoms with Gasteiger partial charge in [-0.05, 0) is 36.6 Å². The van der Waals surface area contributed by atoms with Gasteiger partial charge in [0.1, 0.15) is 0 Å². The van der Waals surface area contributed by atoms with Crippen molar-refractivity contribution < 1.29 is 22.7 Å². The zero-order valence-corrected chi connectivity index (χ0v) is 15.3. The van der Waals surface area contributed by atoms with Gasteiger partial charge in [-0.2, -0.15) is 13.2 Å². The number of carbonyl (C=O) groups is 1. The first-order chi connectivity index (χ1) is 13.4. The SMILES string of the molecule is O=C(Nc1cc(C(F)(F)F)ccc1N1CCOCC1)C1(c2ccccc2)CC1. The molecule has 1 amide bonds. The first-order valence-electron chi connectivity index (χ1n) is 9.31. The Morgan fingerprint density at radius 1 is 1.04 bits per heavy atom. The van der Waals surface area contributed by atoms with Crippen molar-refractivity contribution in [2.24, 2.45) is 0 Å². The molecule has 4 rings (SSSR count). The zero-order valence-electron chi connectivity index (χ0n) is 15.3. The highest BCUT2D eigenvalue weighted by Crippen LogP contribution is 2.49. The lowest BCUT2D eigenvalue weighted by molar-refractivity contribution is -0.137. The molecule has 1 saturated carbocycles. The van der Waals surface area contributed by atoms with E-state index < -0.39 is 17.2 Å². The summed E-state index contributed by atoms with van der Waals surface area (Å²) in [5, 5.41) is 2.80. The number of carbonyl (C=O) groups excluding carboxylic acids is 1. The number of amides is 1. The molecule has 0 radical (unpaired) electrons. The molecule has 0 aromatic heterocycles. The summed E-state index contributed by atoms with van der Waals surface area (Å²) in [5.74, 6) is -0.257. The molecule has 2 aromatic carbocycles. The van der Waals surface area contributed by atoms with Crippen LogP contribution >= 0.6 is 0 Å². The van der Waals surface area contributed by atoms with Crippen LogP contribution in [-0.4, -0.2) is 32.2 Å². The molecule has 1 saturated heterocycles. The van der Waals surface area contributed by atoms with Crippen LogP contribution in [0, 0.1) is 0 Å². The van der Waals surface area contributed by atoms with Crippen molar-refractivity contribution in [3.05, 3.63) is 59.7 Å². The number of anilines is 2. The Morgan fingerprint density at radius 3 is 2.32 bits per heavy atom. The Balaban J connectivity index is 1.66. The maximum absolute atomic E-state index is 13.2. The normalized spacial score (nSPS) is 18.6. The van der Waals surface area contributed by atoms with Gasteiger partial charge in [-0.25, -0.2) is 0 Å². The highest BCUT2D eigenvalue weighted by atomic mass is 19.4. The van der Waals surface area contributed by atoms with Crippen molar-refractivity contribution in [1.82, 2.24) is 0 Å². The molecule has 1 aliphatic carbocycles. The number of nitrogens with one attached hydrogen (secondary N) is 1. The number of alkyl halides is 3. The van der Waals surface area contributed by atoms with Gasteiger partial charge in [0, 0.05) is 13.1 Å². The topological polar surface area (TPSA) is 41.6 Å². The van der Waals surface area contributed by atoms with Gasteiger partial charge >= 0.3 is 6.18 Å².